The molecule has 2 saturated heterocycles. The number of aromatic nitrogens is 2. The van der Waals surface area contributed by atoms with Crippen LogP contribution in [0.25, 0.3) is 0 Å². The summed E-state index contributed by atoms with van der Waals surface area (Å²) in [6.45, 7) is 7.77. The van der Waals surface area contributed by atoms with Crippen LogP contribution >= 0.6 is 12.2 Å². The third kappa shape index (κ3) is 6.28. The second-order valence-electron chi connectivity index (χ2n) is 9.91. The average molecular weight is 555 g/mol. The summed E-state index contributed by atoms with van der Waals surface area (Å²) in [5.74, 6) is 3.14. The molecular weight excluding hydrogens is 520 g/mol. The summed E-state index contributed by atoms with van der Waals surface area (Å²) < 4.78 is 5.41. The summed E-state index contributed by atoms with van der Waals surface area (Å²) >= 11 is 5.56. The van der Waals surface area contributed by atoms with Gasteiger partial charge >= 0.3 is 0 Å². The molecule has 4 heterocycles. The lowest BCUT2D eigenvalue weighted by Gasteiger charge is -2.38. The monoisotopic (exact) mass is 554 g/mol. The van der Waals surface area contributed by atoms with Crippen LogP contribution in [-0.4, -0.2) is 67.4 Å². The molecule has 6 rings (SSSR count). The number of hydrogen-bond donors (Lipinski definition) is 2. The van der Waals surface area contributed by atoms with Crippen molar-refractivity contribution in [2.45, 2.75) is 6.54 Å². The first kappa shape index (κ1) is 25.9. The number of furan rings is 1. The van der Waals surface area contributed by atoms with Crippen molar-refractivity contribution >= 4 is 46.3 Å². The van der Waals surface area contributed by atoms with E-state index >= 15 is 0 Å². The van der Waals surface area contributed by atoms with E-state index in [4.69, 9.17) is 26.6 Å². The zero-order valence-corrected chi connectivity index (χ0v) is 23.3. The first-order valence-corrected chi connectivity index (χ1v) is 14.2. The number of para-hydroxylation sites is 2. The van der Waals surface area contributed by atoms with E-state index in [0.717, 1.165) is 69.8 Å². The Morgan fingerprint density at radius 3 is 1.65 bits per heavy atom. The normalized spacial score (nSPS) is 15.7. The summed E-state index contributed by atoms with van der Waals surface area (Å²) in [5, 5.41) is 6.86. The molecule has 2 fully saturated rings. The van der Waals surface area contributed by atoms with Gasteiger partial charge in [-0.15, -0.1) is 0 Å². The molecule has 2 aliphatic heterocycles. The maximum absolute atomic E-state index is 5.56. The molecule has 0 unspecified atom stereocenters. The molecule has 0 spiro atoms. The van der Waals surface area contributed by atoms with E-state index in [1.54, 1.807) is 6.26 Å². The lowest BCUT2D eigenvalue weighted by molar-refractivity contribution is 0.503. The first-order valence-electron chi connectivity index (χ1n) is 13.8. The largest absolute Gasteiger partial charge is 0.467 e. The molecule has 206 valence electrons. The number of piperazine rings is 2. The van der Waals surface area contributed by atoms with Crippen molar-refractivity contribution in [3.8, 4) is 0 Å². The van der Waals surface area contributed by atoms with Gasteiger partial charge in [0.15, 0.2) is 5.11 Å². The molecule has 0 bridgehead atoms. The minimum atomic E-state index is 0.460. The summed E-state index contributed by atoms with van der Waals surface area (Å²) in [4.78, 5) is 19.3. The second kappa shape index (κ2) is 12.3. The zero-order chi connectivity index (χ0) is 27.1. The van der Waals surface area contributed by atoms with E-state index < -0.39 is 0 Å². The van der Waals surface area contributed by atoms with Crippen LogP contribution in [0.15, 0.2) is 89.5 Å². The highest BCUT2D eigenvalue weighted by Gasteiger charge is 2.23. The fourth-order valence-electron chi connectivity index (χ4n) is 5.19. The maximum Gasteiger partial charge on any atom is 0.232 e. The number of benzene rings is 2. The number of thiocarbonyl (C=S) groups is 1. The Morgan fingerprint density at radius 1 is 0.675 bits per heavy atom. The standard InChI is InChI=1S/C30H34N8OS/c40-30(31-23-26-12-7-21-39-26)34-29-32-27(37-17-13-35(14-18-37)24-8-3-1-4-9-24)22-28(33-29)38-19-15-36(16-20-38)25-10-5-2-6-11-25/h1-12,21-22H,13-20,23H2,(H2,31,32,33,34,40). The van der Waals surface area contributed by atoms with Crippen molar-refractivity contribution < 1.29 is 4.42 Å². The highest BCUT2D eigenvalue weighted by atomic mass is 32.1. The number of hydrogen-bond acceptors (Lipinski definition) is 8. The third-order valence-electron chi connectivity index (χ3n) is 7.38. The smallest absolute Gasteiger partial charge is 0.232 e. The molecule has 2 aromatic heterocycles. The van der Waals surface area contributed by atoms with Crippen molar-refractivity contribution in [2.24, 2.45) is 0 Å². The molecule has 2 N–H and O–H groups in total. The van der Waals surface area contributed by atoms with Crippen molar-refractivity contribution in [3.63, 3.8) is 0 Å². The van der Waals surface area contributed by atoms with Gasteiger partial charge in [0.1, 0.15) is 17.4 Å². The van der Waals surface area contributed by atoms with Crippen molar-refractivity contribution in [3.05, 3.63) is 90.9 Å². The van der Waals surface area contributed by atoms with E-state index in [2.05, 4.69) is 97.0 Å². The Morgan fingerprint density at radius 2 is 1.18 bits per heavy atom. The number of nitrogens with zero attached hydrogens (tertiary/aromatic N) is 6. The zero-order valence-electron chi connectivity index (χ0n) is 22.4. The molecule has 0 saturated carbocycles. The molecule has 0 amide bonds. The van der Waals surface area contributed by atoms with Crippen LogP contribution < -0.4 is 30.2 Å². The predicted molar refractivity (Wildman–Crippen MR) is 166 cm³/mol. The van der Waals surface area contributed by atoms with Gasteiger partial charge in [0.05, 0.1) is 12.8 Å². The molecule has 40 heavy (non-hydrogen) atoms. The van der Waals surface area contributed by atoms with Gasteiger partial charge in [0.25, 0.3) is 0 Å². The molecule has 10 heteroatoms. The molecule has 0 atom stereocenters. The van der Waals surface area contributed by atoms with Gasteiger partial charge < -0.3 is 34.7 Å². The lowest BCUT2D eigenvalue weighted by atomic mass is 10.2. The van der Waals surface area contributed by atoms with Crippen LogP contribution in [-0.2, 0) is 6.54 Å². The van der Waals surface area contributed by atoms with Gasteiger partial charge in [-0.25, -0.2) is 0 Å². The molecule has 0 aliphatic carbocycles. The lowest BCUT2D eigenvalue weighted by Crippen LogP contribution is -2.48. The van der Waals surface area contributed by atoms with Gasteiger partial charge in [-0.3, -0.25) is 0 Å². The second-order valence-corrected chi connectivity index (χ2v) is 10.3. The molecule has 9 nitrogen and oxygen atoms in total. The number of nitrogens with one attached hydrogen (secondary N) is 2. The van der Waals surface area contributed by atoms with Gasteiger partial charge in [-0.1, -0.05) is 36.4 Å². The summed E-state index contributed by atoms with van der Waals surface area (Å²) in [5.41, 5.74) is 2.52. The van der Waals surface area contributed by atoms with E-state index in [0.29, 0.717) is 17.6 Å². The molecule has 2 aromatic carbocycles. The van der Waals surface area contributed by atoms with Gasteiger partial charge in [-0.2, -0.15) is 9.97 Å². The van der Waals surface area contributed by atoms with Crippen LogP contribution in [0, 0.1) is 0 Å². The number of rotatable bonds is 7. The minimum absolute atomic E-state index is 0.460. The fourth-order valence-corrected chi connectivity index (χ4v) is 5.36. The van der Waals surface area contributed by atoms with Crippen molar-refractivity contribution in [1.29, 1.82) is 0 Å². The predicted octanol–water partition coefficient (Wildman–Crippen LogP) is 4.21. The van der Waals surface area contributed by atoms with Crippen molar-refractivity contribution in [2.75, 3.05) is 77.3 Å². The van der Waals surface area contributed by atoms with E-state index in [1.807, 2.05) is 12.1 Å². The molecule has 0 radical (unpaired) electrons. The highest BCUT2D eigenvalue weighted by molar-refractivity contribution is 7.80. The van der Waals surface area contributed by atoms with E-state index in [9.17, 15) is 0 Å². The van der Waals surface area contributed by atoms with Crippen molar-refractivity contribution in [1.82, 2.24) is 15.3 Å². The first-order chi connectivity index (χ1) is 19.7. The fraction of sp³-hybridized carbons (Fsp3) is 0.300. The summed E-state index contributed by atoms with van der Waals surface area (Å²) in [6.07, 6.45) is 1.65. The summed E-state index contributed by atoms with van der Waals surface area (Å²) in [7, 11) is 0. The Kier molecular flexibility index (Phi) is 7.95. The Balaban J connectivity index is 1.17. The highest BCUT2D eigenvalue weighted by Crippen LogP contribution is 2.26. The Bertz CT molecular complexity index is 1290. The van der Waals surface area contributed by atoms with Gasteiger partial charge in [0, 0.05) is 69.8 Å². The van der Waals surface area contributed by atoms with Crippen LogP contribution in [0.2, 0.25) is 0 Å². The Labute approximate surface area is 240 Å². The molecular formula is C30H34N8OS. The van der Waals surface area contributed by atoms with Crippen LogP contribution in [0.3, 0.4) is 0 Å². The van der Waals surface area contributed by atoms with E-state index in [1.165, 1.54) is 11.4 Å². The van der Waals surface area contributed by atoms with Crippen LogP contribution in [0.4, 0.5) is 29.0 Å². The van der Waals surface area contributed by atoms with Crippen LogP contribution in [0.5, 0.6) is 0 Å². The van der Waals surface area contributed by atoms with Gasteiger partial charge in [-0.05, 0) is 48.6 Å². The Hall–Kier alpha value is -4.31. The molecule has 4 aromatic rings. The third-order valence-corrected chi connectivity index (χ3v) is 7.62. The summed E-state index contributed by atoms with van der Waals surface area (Å²) in [6, 6.07) is 27.1. The topological polar surface area (TPSA) is 75.9 Å². The molecule has 2 aliphatic rings. The van der Waals surface area contributed by atoms with Gasteiger partial charge in [0.2, 0.25) is 5.95 Å². The minimum Gasteiger partial charge on any atom is -0.467 e. The number of anilines is 5. The maximum atomic E-state index is 5.56. The quantitative estimate of drug-likeness (QED) is 0.325. The van der Waals surface area contributed by atoms with Crippen LogP contribution in [0.1, 0.15) is 5.76 Å². The SMILES string of the molecule is S=C(NCc1ccco1)Nc1nc(N2CCN(c3ccccc3)CC2)cc(N2CCN(c3ccccc3)CC2)n1. The average Bonchev–Trinajstić information content (AvgIpc) is 3.55. The van der Waals surface area contributed by atoms with E-state index in [-0.39, 0.29) is 0 Å².